The van der Waals surface area contributed by atoms with Crippen molar-refractivity contribution in [2.75, 3.05) is 17.3 Å². The van der Waals surface area contributed by atoms with Crippen LogP contribution in [0.3, 0.4) is 0 Å². The predicted octanol–water partition coefficient (Wildman–Crippen LogP) is 2.94. The Balaban J connectivity index is 1.83. The van der Waals surface area contributed by atoms with Crippen LogP contribution in [-0.2, 0) is 9.59 Å². The van der Waals surface area contributed by atoms with Gasteiger partial charge in [0.25, 0.3) is 11.8 Å². The molecule has 0 aliphatic carbocycles. The number of rotatable bonds is 2. The van der Waals surface area contributed by atoms with E-state index in [1.54, 1.807) is 18.2 Å². The molecule has 27 heavy (non-hydrogen) atoms. The van der Waals surface area contributed by atoms with Gasteiger partial charge in [-0.3, -0.25) is 19.3 Å². The third-order valence-corrected chi connectivity index (χ3v) is 5.39. The van der Waals surface area contributed by atoms with Gasteiger partial charge in [-0.25, -0.2) is 4.98 Å². The number of likely N-dealkylation sites (N-methyl/N-ethyl adjacent to an activating group) is 1. The molecule has 1 aromatic carbocycles. The molecule has 0 saturated carbocycles. The Hall–Kier alpha value is -2.64. The van der Waals surface area contributed by atoms with Crippen LogP contribution in [-0.4, -0.2) is 40.3 Å². The molecule has 2 aliphatic rings. The third-order valence-electron chi connectivity index (χ3n) is 4.95. The number of anilines is 2. The Kier molecular flexibility index (Phi) is 4.09. The average molecular weight is 405 g/mol. The van der Waals surface area contributed by atoms with E-state index in [0.29, 0.717) is 22.0 Å². The van der Waals surface area contributed by atoms with Gasteiger partial charge in [0.1, 0.15) is 5.15 Å². The van der Waals surface area contributed by atoms with Gasteiger partial charge in [0.2, 0.25) is 11.6 Å². The van der Waals surface area contributed by atoms with Gasteiger partial charge in [0, 0.05) is 36.8 Å². The van der Waals surface area contributed by atoms with Crippen molar-refractivity contribution in [3.8, 4) is 0 Å². The lowest BCUT2D eigenvalue weighted by molar-refractivity contribution is -0.128. The molecule has 0 radical (unpaired) electrons. The fourth-order valence-electron chi connectivity index (χ4n) is 3.66. The van der Waals surface area contributed by atoms with Crippen LogP contribution in [0.2, 0.25) is 10.2 Å². The van der Waals surface area contributed by atoms with Gasteiger partial charge in [-0.1, -0.05) is 23.2 Å². The monoisotopic (exact) mass is 404 g/mol. The van der Waals surface area contributed by atoms with Gasteiger partial charge in [-0.15, -0.1) is 0 Å². The predicted molar refractivity (Wildman–Crippen MR) is 101 cm³/mol. The van der Waals surface area contributed by atoms with Gasteiger partial charge in [-0.2, -0.15) is 0 Å². The molecule has 7 nitrogen and oxygen atoms in total. The number of carbonyl (C=O) groups is 3. The van der Waals surface area contributed by atoms with Crippen LogP contribution in [0.1, 0.15) is 23.2 Å². The highest BCUT2D eigenvalue weighted by atomic mass is 35.5. The summed E-state index contributed by atoms with van der Waals surface area (Å²) in [5.41, 5.74) is -0.378. The first-order valence-corrected chi connectivity index (χ1v) is 8.94. The lowest BCUT2D eigenvalue weighted by Crippen LogP contribution is -2.68. The van der Waals surface area contributed by atoms with Gasteiger partial charge in [0.15, 0.2) is 0 Å². The minimum absolute atomic E-state index is 0.133. The van der Waals surface area contributed by atoms with Crippen LogP contribution >= 0.6 is 23.2 Å². The van der Waals surface area contributed by atoms with E-state index >= 15 is 0 Å². The van der Waals surface area contributed by atoms with Crippen molar-refractivity contribution in [3.63, 3.8) is 0 Å². The fraction of sp³-hybridized carbons (Fsp3) is 0.222. The molecular weight excluding hydrogens is 391 g/mol. The lowest BCUT2D eigenvalue weighted by Gasteiger charge is -2.47. The highest BCUT2D eigenvalue weighted by molar-refractivity contribution is 6.31. The number of pyridine rings is 1. The van der Waals surface area contributed by atoms with E-state index in [9.17, 15) is 14.4 Å². The first-order valence-electron chi connectivity index (χ1n) is 8.18. The second-order valence-corrected chi connectivity index (χ2v) is 7.22. The van der Waals surface area contributed by atoms with Crippen molar-refractivity contribution in [3.05, 3.63) is 52.3 Å². The first kappa shape index (κ1) is 17.8. The Morgan fingerprint density at radius 3 is 2.74 bits per heavy atom. The summed E-state index contributed by atoms with van der Waals surface area (Å²) in [4.78, 5) is 45.4. The zero-order chi connectivity index (χ0) is 19.3. The number of carbonyl (C=O) groups excluding carboxylic acids is 3. The van der Waals surface area contributed by atoms with Crippen molar-refractivity contribution in [2.24, 2.45) is 0 Å². The summed E-state index contributed by atoms with van der Waals surface area (Å²) >= 11 is 12.0. The molecule has 2 aromatic rings. The zero-order valence-electron chi connectivity index (χ0n) is 14.2. The largest absolute Gasteiger partial charge is 0.322 e. The topological polar surface area (TPSA) is 82.6 Å². The second-order valence-electron chi connectivity index (χ2n) is 6.39. The van der Waals surface area contributed by atoms with Crippen molar-refractivity contribution >= 4 is 52.3 Å². The van der Waals surface area contributed by atoms with Crippen molar-refractivity contribution in [1.29, 1.82) is 0 Å². The summed E-state index contributed by atoms with van der Waals surface area (Å²) in [7, 11) is 1.52. The van der Waals surface area contributed by atoms with Crippen molar-refractivity contribution in [1.82, 2.24) is 9.88 Å². The minimum atomic E-state index is -1.47. The van der Waals surface area contributed by atoms with E-state index in [1.165, 1.54) is 35.2 Å². The molecule has 138 valence electrons. The molecular formula is C18H14Cl2N4O3. The van der Waals surface area contributed by atoms with Gasteiger partial charge in [0.05, 0.1) is 11.3 Å². The summed E-state index contributed by atoms with van der Waals surface area (Å²) in [6.07, 6.45) is 1.76. The number of hydrogen-bond acceptors (Lipinski definition) is 4. The number of nitrogens with one attached hydrogen (secondary N) is 1. The maximum atomic E-state index is 13.3. The molecule has 1 N–H and O–H groups in total. The summed E-state index contributed by atoms with van der Waals surface area (Å²) < 4.78 is 0. The van der Waals surface area contributed by atoms with Crippen LogP contribution in [0, 0.1) is 0 Å². The number of halogens is 2. The lowest BCUT2D eigenvalue weighted by atomic mass is 9.96. The van der Waals surface area contributed by atoms with Crippen molar-refractivity contribution in [2.45, 2.75) is 18.5 Å². The van der Waals surface area contributed by atoms with Crippen LogP contribution in [0.15, 0.2) is 36.5 Å². The maximum Gasteiger partial charge on any atom is 0.271 e. The van der Waals surface area contributed by atoms with E-state index in [-0.39, 0.29) is 29.8 Å². The van der Waals surface area contributed by atoms with Crippen LogP contribution in [0.25, 0.3) is 0 Å². The van der Waals surface area contributed by atoms with Crippen LogP contribution in [0.4, 0.5) is 11.4 Å². The smallest absolute Gasteiger partial charge is 0.271 e. The Morgan fingerprint density at radius 1 is 1.22 bits per heavy atom. The molecule has 1 unspecified atom stereocenters. The molecule has 9 heteroatoms. The summed E-state index contributed by atoms with van der Waals surface area (Å²) in [6, 6.07) is 7.76. The summed E-state index contributed by atoms with van der Waals surface area (Å²) in [5.74, 6) is -1.10. The molecule has 1 saturated heterocycles. The zero-order valence-corrected chi connectivity index (χ0v) is 15.7. The first-order chi connectivity index (χ1) is 12.8. The molecule has 0 bridgehead atoms. The average Bonchev–Trinajstić information content (AvgIpc) is 2.98. The standard InChI is InChI=1S/C18H14Cl2N4O3/c1-23-16(26)12-3-2-10(19)8-13(12)24-15(25)4-6-18(23,24)17(27)22-11-5-7-21-14(20)9-11/h2-3,5,7-9H,4,6H2,1H3,(H,21,22,27). The Labute approximate surface area is 164 Å². The van der Waals surface area contributed by atoms with E-state index in [2.05, 4.69) is 10.3 Å². The third kappa shape index (κ3) is 2.57. The van der Waals surface area contributed by atoms with Crippen LogP contribution < -0.4 is 10.2 Å². The van der Waals surface area contributed by atoms with Crippen LogP contribution in [0.5, 0.6) is 0 Å². The molecule has 3 heterocycles. The number of nitrogens with zero attached hydrogens (tertiary/aromatic N) is 3. The molecule has 1 fully saturated rings. The molecule has 0 spiro atoms. The highest BCUT2D eigenvalue weighted by Crippen LogP contribution is 2.45. The number of fused-ring (bicyclic) bond motifs is 3. The van der Waals surface area contributed by atoms with Gasteiger partial charge in [-0.05, 0) is 30.3 Å². The highest BCUT2D eigenvalue weighted by Gasteiger charge is 2.59. The number of hydrogen-bond donors (Lipinski definition) is 1. The minimum Gasteiger partial charge on any atom is -0.322 e. The fourth-order valence-corrected chi connectivity index (χ4v) is 4.00. The number of benzene rings is 1. The SMILES string of the molecule is CN1C(=O)c2ccc(Cl)cc2N2C(=O)CCC12C(=O)Nc1ccnc(Cl)c1. The second kappa shape index (κ2) is 6.21. The maximum absolute atomic E-state index is 13.3. The number of amides is 3. The molecule has 2 aliphatic heterocycles. The normalized spacial score (nSPS) is 21.1. The van der Waals surface area contributed by atoms with E-state index in [0.717, 1.165) is 0 Å². The number of aromatic nitrogens is 1. The van der Waals surface area contributed by atoms with Gasteiger partial charge >= 0.3 is 0 Å². The molecule has 1 atom stereocenters. The summed E-state index contributed by atoms with van der Waals surface area (Å²) in [5, 5.41) is 3.34. The molecule has 3 amide bonds. The Bertz CT molecular complexity index is 996. The molecule has 1 aromatic heterocycles. The van der Waals surface area contributed by atoms with E-state index in [4.69, 9.17) is 23.2 Å². The molecule has 4 rings (SSSR count). The van der Waals surface area contributed by atoms with Gasteiger partial charge < -0.3 is 10.2 Å². The van der Waals surface area contributed by atoms with Crippen molar-refractivity contribution < 1.29 is 14.4 Å². The summed E-state index contributed by atoms with van der Waals surface area (Å²) in [6.45, 7) is 0. The van der Waals surface area contributed by atoms with E-state index < -0.39 is 11.6 Å². The van der Waals surface area contributed by atoms with E-state index in [1.807, 2.05) is 0 Å². The Morgan fingerprint density at radius 2 is 2.00 bits per heavy atom. The quantitative estimate of drug-likeness (QED) is 0.779.